The SMILES string of the molecule is C[C@@H](NC(=O)c1ccc(=O)n(-c2cncc(-c3cnnn3C3CNC3)c2)n1)c1cccc(C(F)(F)CO)c1F. The molecule has 0 bridgehead atoms. The Hall–Kier alpha value is -4.43. The highest BCUT2D eigenvalue weighted by atomic mass is 19.3. The highest BCUT2D eigenvalue weighted by molar-refractivity contribution is 5.92. The zero-order valence-corrected chi connectivity index (χ0v) is 20.6. The maximum absolute atomic E-state index is 14.8. The second-order valence-corrected chi connectivity index (χ2v) is 9.04. The molecule has 0 aliphatic carbocycles. The first-order valence-electron chi connectivity index (χ1n) is 11.9. The molecule has 0 radical (unpaired) electrons. The van der Waals surface area contributed by atoms with Crippen LogP contribution in [0, 0.1) is 5.82 Å². The van der Waals surface area contributed by atoms with Gasteiger partial charge in [-0.15, -0.1) is 5.10 Å². The summed E-state index contributed by atoms with van der Waals surface area (Å²) in [5.74, 6) is -5.79. The third-order valence-corrected chi connectivity index (χ3v) is 6.41. The van der Waals surface area contributed by atoms with Crippen LogP contribution in [0.5, 0.6) is 0 Å². The first kappa shape index (κ1) is 26.2. The van der Waals surface area contributed by atoms with Crippen LogP contribution in [-0.2, 0) is 5.92 Å². The predicted molar refractivity (Wildman–Crippen MR) is 132 cm³/mol. The molecule has 3 N–H and O–H groups in total. The third-order valence-electron chi connectivity index (χ3n) is 6.41. The number of carbonyl (C=O) groups is 1. The van der Waals surface area contributed by atoms with E-state index in [9.17, 15) is 22.8 Å². The molecule has 14 heteroatoms. The Morgan fingerprint density at radius 2 is 2.03 bits per heavy atom. The number of nitrogens with zero attached hydrogens (tertiary/aromatic N) is 6. The Morgan fingerprint density at radius 3 is 2.74 bits per heavy atom. The molecule has 1 saturated heterocycles. The summed E-state index contributed by atoms with van der Waals surface area (Å²) in [6.45, 7) is 1.35. The fraction of sp³-hybridized carbons (Fsp3) is 0.280. The van der Waals surface area contributed by atoms with Crippen LogP contribution in [0.1, 0.15) is 40.6 Å². The molecule has 3 aromatic heterocycles. The van der Waals surface area contributed by atoms with Gasteiger partial charge in [-0.1, -0.05) is 17.3 Å². The highest BCUT2D eigenvalue weighted by Gasteiger charge is 2.35. The van der Waals surface area contributed by atoms with E-state index in [2.05, 4.69) is 31.0 Å². The molecular formula is C25H23F3N8O3. The van der Waals surface area contributed by atoms with E-state index in [-0.39, 0.29) is 23.0 Å². The number of amides is 1. The number of pyridine rings is 1. The van der Waals surface area contributed by atoms with Gasteiger partial charge in [0, 0.05) is 36.5 Å². The maximum atomic E-state index is 14.8. The summed E-state index contributed by atoms with van der Waals surface area (Å²) in [5, 5.41) is 26.9. The molecular weight excluding hydrogens is 517 g/mol. The zero-order valence-electron chi connectivity index (χ0n) is 20.6. The average molecular weight is 541 g/mol. The van der Waals surface area contributed by atoms with E-state index in [0.29, 0.717) is 11.3 Å². The minimum Gasteiger partial charge on any atom is -0.390 e. The van der Waals surface area contributed by atoms with Crippen LogP contribution in [0.15, 0.2) is 59.8 Å². The average Bonchev–Trinajstić information content (AvgIpc) is 3.37. The van der Waals surface area contributed by atoms with Crippen LogP contribution >= 0.6 is 0 Å². The molecule has 11 nitrogen and oxygen atoms in total. The van der Waals surface area contributed by atoms with E-state index in [0.717, 1.165) is 29.9 Å². The molecule has 1 aromatic carbocycles. The van der Waals surface area contributed by atoms with E-state index in [1.807, 2.05) is 0 Å². The number of aliphatic hydroxyl groups is 1. The second-order valence-electron chi connectivity index (χ2n) is 9.04. The lowest BCUT2D eigenvalue weighted by Gasteiger charge is -2.28. The summed E-state index contributed by atoms with van der Waals surface area (Å²) in [4.78, 5) is 29.8. The Labute approximate surface area is 219 Å². The molecule has 202 valence electrons. The largest absolute Gasteiger partial charge is 0.390 e. The predicted octanol–water partition coefficient (Wildman–Crippen LogP) is 1.74. The van der Waals surface area contributed by atoms with E-state index in [1.165, 1.54) is 31.3 Å². The molecule has 4 heterocycles. The molecule has 1 amide bonds. The van der Waals surface area contributed by atoms with Crippen molar-refractivity contribution in [2.75, 3.05) is 19.7 Å². The highest BCUT2D eigenvalue weighted by Crippen LogP contribution is 2.32. The lowest BCUT2D eigenvalue weighted by atomic mass is 10.0. The number of alkyl halides is 2. The summed E-state index contributed by atoms with van der Waals surface area (Å²) in [6, 6.07) is 6.45. The molecule has 4 aromatic rings. The van der Waals surface area contributed by atoms with Crippen LogP contribution in [0.2, 0.25) is 0 Å². The number of halogens is 3. The van der Waals surface area contributed by atoms with Gasteiger partial charge in [-0.2, -0.15) is 18.6 Å². The smallest absolute Gasteiger partial charge is 0.298 e. The first-order chi connectivity index (χ1) is 18.7. The van der Waals surface area contributed by atoms with Gasteiger partial charge in [-0.05, 0) is 25.1 Å². The second kappa shape index (κ2) is 10.4. The topological polar surface area (TPSA) is 140 Å². The van der Waals surface area contributed by atoms with Gasteiger partial charge in [0.05, 0.1) is 41.4 Å². The van der Waals surface area contributed by atoms with Crippen LogP contribution in [-0.4, -0.2) is 60.5 Å². The number of hydrogen-bond donors (Lipinski definition) is 3. The Balaban J connectivity index is 1.40. The Bertz CT molecular complexity index is 1580. The number of rotatable bonds is 8. The number of hydrogen-bond acceptors (Lipinski definition) is 8. The van der Waals surface area contributed by atoms with Crippen molar-refractivity contribution < 1.29 is 23.1 Å². The van der Waals surface area contributed by atoms with Crippen molar-refractivity contribution >= 4 is 5.91 Å². The number of nitrogens with one attached hydrogen (secondary N) is 2. The summed E-state index contributed by atoms with van der Waals surface area (Å²) >= 11 is 0. The van der Waals surface area contributed by atoms with Crippen LogP contribution in [0.4, 0.5) is 13.2 Å². The summed E-state index contributed by atoms with van der Waals surface area (Å²) in [6.07, 6.45) is 4.59. The normalized spacial score (nSPS) is 14.6. The fourth-order valence-electron chi connectivity index (χ4n) is 4.17. The molecule has 0 unspecified atom stereocenters. The zero-order chi connectivity index (χ0) is 27.7. The quantitative estimate of drug-likeness (QED) is 0.307. The lowest BCUT2D eigenvalue weighted by Crippen LogP contribution is -2.44. The monoisotopic (exact) mass is 540 g/mol. The molecule has 5 rings (SSSR count). The minimum atomic E-state index is -3.79. The van der Waals surface area contributed by atoms with Crippen LogP contribution in [0.25, 0.3) is 16.9 Å². The summed E-state index contributed by atoms with van der Waals surface area (Å²) < 4.78 is 45.4. The Kier molecular flexibility index (Phi) is 6.97. The molecule has 0 saturated carbocycles. The number of aliphatic hydroxyl groups excluding tert-OH is 1. The van der Waals surface area contributed by atoms with Gasteiger partial charge in [-0.3, -0.25) is 14.6 Å². The molecule has 39 heavy (non-hydrogen) atoms. The third kappa shape index (κ3) is 5.03. The number of aromatic nitrogens is 6. The van der Waals surface area contributed by atoms with Crippen molar-refractivity contribution in [3.63, 3.8) is 0 Å². The van der Waals surface area contributed by atoms with Gasteiger partial charge < -0.3 is 15.7 Å². The van der Waals surface area contributed by atoms with E-state index in [1.54, 1.807) is 23.1 Å². The standard InChI is InChI=1S/C25H23F3N8O3/c1-14(18-3-2-4-19(23(18)26)25(27,28)13-37)32-24(39)20-5-6-22(38)36(33-20)16-7-15(8-29-9-16)21-12-31-34-35(21)17-10-30-11-17/h2-9,12,14,17,30,37H,10-11,13H2,1H3,(H,32,39)/t14-/m1/s1. The molecule has 1 aliphatic rings. The van der Waals surface area contributed by atoms with Gasteiger partial charge in [0.1, 0.15) is 18.1 Å². The van der Waals surface area contributed by atoms with Crippen molar-refractivity contribution in [3.05, 3.63) is 88.0 Å². The fourth-order valence-corrected chi connectivity index (χ4v) is 4.17. The van der Waals surface area contributed by atoms with Crippen molar-refractivity contribution in [2.45, 2.75) is 24.9 Å². The van der Waals surface area contributed by atoms with E-state index in [4.69, 9.17) is 5.11 Å². The Morgan fingerprint density at radius 1 is 1.23 bits per heavy atom. The van der Waals surface area contributed by atoms with Crippen LogP contribution in [0.3, 0.4) is 0 Å². The molecule has 0 spiro atoms. The van der Waals surface area contributed by atoms with Crippen LogP contribution < -0.4 is 16.2 Å². The summed E-state index contributed by atoms with van der Waals surface area (Å²) in [7, 11) is 0. The number of benzene rings is 1. The van der Waals surface area contributed by atoms with E-state index < -0.39 is 41.4 Å². The summed E-state index contributed by atoms with van der Waals surface area (Å²) in [5.41, 5.74) is -0.266. The maximum Gasteiger partial charge on any atom is 0.298 e. The van der Waals surface area contributed by atoms with Crippen molar-refractivity contribution in [2.24, 2.45) is 0 Å². The van der Waals surface area contributed by atoms with E-state index >= 15 is 0 Å². The lowest BCUT2D eigenvalue weighted by molar-refractivity contribution is -0.0584. The van der Waals surface area contributed by atoms with Crippen molar-refractivity contribution in [1.82, 2.24) is 40.4 Å². The van der Waals surface area contributed by atoms with Gasteiger partial charge in [0.25, 0.3) is 17.4 Å². The molecule has 1 aliphatic heterocycles. The van der Waals surface area contributed by atoms with Gasteiger partial charge in [0.15, 0.2) is 0 Å². The van der Waals surface area contributed by atoms with Crippen molar-refractivity contribution in [1.29, 1.82) is 0 Å². The molecule has 1 fully saturated rings. The van der Waals surface area contributed by atoms with Gasteiger partial charge in [0.2, 0.25) is 0 Å². The molecule has 1 atom stereocenters. The number of carbonyl (C=O) groups excluding carboxylic acids is 1. The van der Waals surface area contributed by atoms with Gasteiger partial charge >= 0.3 is 0 Å². The van der Waals surface area contributed by atoms with Gasteiger partial charge in [-0.25, -0.2) is 9.07 Å². The first-order valence-corrected chi connectivity index (χ1v) is 11.9. The minimum absolute atomic E-state index is 0.140. The van der Waals surface area contributed by atoms with Crippen molar-refractivity contribution in [3.8, 4) is 16.9 Å².